The van der Waals surface area contributed by atoms with E-state index >= 15 is 0 Å². The van der Waals surface area contributed by atoms with Gasteiger partial charge in [0.05, 0.1) is 21.6 Å². The molecule has 6 heteroatoms. The Labute approximate surface area is 194 Å². The number of cyclic esters (lactones) is 2. The monoisotopic (exact) mass is 442 g/mol. The quantitative estimate of drug-likeness (QED) is 0.446. The fraction of sp³-hybridized carbons (Fsp3) is 0.222. The number of rotatable bonds is 3. The second-order valence-electron chi connectivity index (χ2n) is 8.46. The number of anilines is 1. The van der Waals surface area contributed by atoms with Crippen molar-refractivity contribution >= 4 is 23.5 Å². The number of fused-ring (bicyclic) bond motifs is 4. The summed E-state index contributed by atoms with van der Waals surface area (Å²) in [5.74, 6) is -2.53. The molecule has 3 heterocycles. The van der Waals surface area contributed by atoms with E-state index in [-0.39, 0.29) is 31.0 Å². The van der Waals surface area contributed by atoms with Crippen LogP contribution in [0.1, 0.15) is 43.1 Å². The third kappa shape index (κ3) is 3.21. The van der Waals surface area contributed by atoms with Gasteiger partial charge >= 0.3 is 11.9 Å². The molecule has 0 spiro atoms. The Balaban J connectivity index is 1.49. The number of esters is 2. The molecule has 1 fully saturated rings. The summed E-state index contributed by atoms with van der Waals surface area (Å²) in [4.78, 5) is 39.0. The summed E-state index contributed by atoms with van der Waals surface area (Å²) >= 11 is 0. The number of nitrogens with zero attached hydrogens (tertiary/aromatic N) is 1. The molecule has 0 aliphatic carbocycles. The van der Waals surface area contributed by atoms with Crippen LogP contribution in [-0.4, -0.2) is 17.8 Å². The molecule has 2 atom stereocenters. The number of hydrogen-bond acceptors (Lipinski definition) is 5. The Morgan fingerprint density at radius 1 is 1.09 bits per heavy atom. The van der Waals surface area contributed by atoms with E-state index in [4.69, 9.17) is 8.85 Å². The van der Waals surface area contributed by atoms with E-state index in [0.29, 0.717) is 34.5 Å². The molecule has 3 aromatic carbocycles. The molecule has 0 radical (unpaired) electrons. The Kier molecular flexibility index (Phi) is 3.69. The minimum Gasteiger partial charge on any atom is -0.488 e. The van der Waals surface area contributed by atoms with Gasteiger partial charge in [0.1, 0.15) is 12.4 Å². The fourth-order valence-corrected chi connectivity index (χ4v) is 4.76. The summed E-state index contributed by atoms with van der Waals surface area (Å²) in [6.07, 6.45) is -1.43. The maximum atomic E-state index is 13.2. The van der Waals surface area contributed by atoms with Crippen molar-refractivity contribution in [3.8, 4) is 16.9 Å². The molecule has 0 saturated carbocycles. The lowest BCUT2D eigenvalue weighted by Gasteiger charge is -2.25. The van der Waals surface area contributed by atoms with Gasteiger partial charge in [-0.15, -0.1) is 0 Å². The van der Waals surface area contributed by atoms with Crippen molar-refractivity contribution in [2.24, 2.45) is 5.92 Å². The summed E-state index contributed by atoms with van der Waals surface area (Å²) in [5.41, 5.74) is 4.97. The first-order chi connectivity index (χ1) is 17.3. The molecule has 33 heavy (non-hydrogen) atoms. The molecule has 0 aromatic heterocycles. The molecule has 6 nitrogen and oxygen atoms in total. The summed E-state index contributed by atoms with van der Waals surface area (Å²) < 4.78 is 36.1. The minimum absolute atomic E-state index is 0.0595. The molecule has 0 bridgehead atoms. The van der Waals surface area contributed by atoms with Gasteiger partial charge in [-0.2, -0.15) is 0 Å². The normalized spacial score (nSPS) is 22.0. The lowest BCUT2D eigenvalue weighted by molar-refractivity contribution is -0.153. The second-order valence-corrected chi connectivity index (χ2v) is 8.46. The fourth-order valence-electron chi connectivity index (χ4n) is 4.76. The highest BCUT2D eigenvalue weighted by molar-refractivity contribution is 6.10. The first kappa shape index (κ1) is 16.7. The van der Waals surface area contributed by atoms with Gasteiger partial charge in [-0.25, -0.2) is 0 Å². The van der Waals surface area contributed by atoms with E-state index in [2.05, 4.69) is 4.74 Å². The summed E-state index contributed by atoms with van der Waals surface area (Å²) in [6.45, 7) is 2.17. The molecular weight excluding hydrogens is 418 g/mol. The van der Waals surface area contributed by atoms with E-state index in [9.17, 15) is 14.4 Å². The van der Waals surface area contributed by atoms with Gasteiger partial charge in [-0.05, 0) is 71.5 Å². The minimum atomic E-state index is -1.37. The van der Waals surface area contributed by atoms with E-state index < -0.39 is 24.3 Å². The first-order valence-corrected chi connectivity index (χ1v) is 10.7. The molecule has 1 amide bonds. The number of benzene rings is 3. The third-order valence-corrected chi connectivity index (χ3v) is 6.28. The van der Waals surface area contributed by atoms with Gasteiger partial charge < -0.3 is 14.4 Å². The van der Waals surface area contributed by atoms with Crippen LogP contribution in [0.25, 0.3) is 11.1 Å². The number of carbonyl (C=O) groups excluding carboxylic acids is 3. The Bertz CT molecular complexity index is 1490. The number of hydrogen-bond donors (Lipinski definition) is 0. The van der Waals surface area contributed by atoms with Gasteiger partial charge in [0.25, 0.3) is 5.91 Å². The van der Waals surface area contributed by atoms with Gasteiger partial charge in [-0.3, -0.25) is 14.4 Å². The summed E-state index contributed by atoms with van der Waals surface area (Å²) in [5, 5.41) is 0. The highest BCUT2D eigenvalue weighted by Gasteiger charge is 2.36. The van der Waals surface area contributed by atoms with Crippen LogP contribution >= 0.6 is 0 Å². The molecule has 6 rings (SSSR count). The third-order valence-electron chi connectivity index (χ3n) is 6.28. The summed E-state index contributed by atoms with van der Waals surface area (Å²) in [7, 11) is 0. The van der Waals surface area contributed by atoms with Crippen LogP contribution in [0.4, 0.5) is 5.69 Å². The van der Waals surface area contributed by atoms with Gasteiger partial charge in [-0.1, -0.05) is 24.2 Å². The molecule has 1 saturated heterocycles. The van der Waals surface area contributed by atoms with Crippen molar-refractivity contribution in [3.63, 3.8) is 0 Å². The second kappa shape index (κ2) is 7.30. The predicted octanol–water partition coefficient (Wildman–Crippen LogP) is 4.35. The predicted molar refractivity (Wildman–Crippen MR) is 121 cm³/mol. The van der Waals surface area contributed by atoms with Crippen LogP contribution in [0.3, 0.4) is 0 Å². The van der Waals surface area contributed by atoms with E-state index in [0.717, 1.165) is 22.4 Å². The largest absolute Gasteiger partial charge is 0.488 e. The highest BCUT2D eigenvalue weighted by atomic mass is 16.6. The van der Waals surface area contributed by atoms with Crippen LogP contribution in [0.5, 0.6) is 5.75 Å². The van der Waals surface area contributed by atoms with Gasteiger partial charge in [0, 0.05) is 18.2 Å². The lowest BCUT2D eigenvalue weighted by Crippen LogP contribution is -2.22. The molecule has 0 N–H and O–H groups in total. The zero-order chi connectivity index (χ0) is 25.3. The van der Waals surface area contributed by atoms with Crippen molar-refractivity contribution in [2.75, 3.05) is 4.90 Å². The number of amides is 1. The zero-order valence-corrected chi connectivity index (χ0v) is 17.8. The van der Waals surface area contributed by atoms with Crippen LogP contribution in [0.15, 0.2) is 54.5 Å². The van der Waals surface area contributed by atoms with Crippen molar-refractivity contribution in [3.05, 3.63) is 82.4 Å². The topological polar surface area (TPSA) is 72.9 Å². The smallest absolute Gasteiger partial charge is 0.317 e. The van der Waals surface area contributed by atoms with Crippen molar-refractivity contribution < 1.29 is 28.0 Å². The van der Waals surface area contributed by atoms with Crippen molar-refractivity contribution in [2.45, 2.75) is 32.9 Å². The lowest BCUT2D eigenvalue weighted by atomic mass is 9.85. The maximum Gasteiger partial charge on any atom is 0.317 e. The van der Waals surface area contributed by atoms with Gasteiger partial charge in [0.15, 0.2) is 0 Å². The molecule has 3 aliphatic heterocycles. The molecule has 164 valence electrons. The van der Waals surface area contributed by atoms with Crippen molar-refractivity contribution in [1.82, 2.24) is 0 Å². The van der Waals surface area contributed by atoms with Crippen LogP contribution in [-0.2, 0) is 33.9 Å². The van der Waals surface area contributed by atoms with Crippen LogP contribution in [0.2, 0.25) is 0 Å². The van der Waals surface area contributed by atoms with Crippen LogP contribution < -0.4 is 9.64 Å². The number of para-hydroxylation sites is 1. The Hall–Kier alpha value is -3.93. The number of carbonyl (C=O) groups is 3. The Morgan fingerprint density at radius 3 is 2.64 bits per heavy atom. The Morgan fingerprint density at radius 2 is 1.88 bits per heavy atom. The summed E-state index contributed by atoms with van der Waals surface area (Å²) in [6, 6.07) is 13.2. The van der Waals surface area contributed by atoms with Gasteiger partial charge in [0.2, 0.25) is 0 Å². The zero-order valence-electron chi connectivity index (χ0n) is 20.8. The average Bonchev–Trinajstić information content (AvgIpc) is 3.33. The molecule has 0 unspecified atom stereocenters. The molecule has 3 aliphatic rings. The van der Waals surface area contributed by atoms with E-state index in [1.807, 2.05) is 36.4 Å². The van der Waals surface area contributed by atoms with E-state index in [1.165, 1.54) is 0 Å². The maximum absolute atomic E-state index is 13.2. The van der Waals surface area contributed by atoms with Crippen molar-refractivity contribution in [1.29, 1.82) is 0 Å². The number of ether oxygens (including phenoxy) is 2. The first-order valence-electron chi connectivity index (χ1n) is 12.3. The van der Waals surface area contributed by atoms with E-state index in [1.54, 1.807) is 17.9 Å². The average molecular weight is 442 g/mol. The highest BCUT2D eigenvalue weighted by Crippen LogP contribution is 2.44. The molecular formula is C27H21NO5. The van der Waals surface area contributed by atoms with Crippen LogP contribution in [0, 0.1) is 12.8 Å². The molecule has 3 aromatic rings. The SMILES string of the molecule is [2H]c1c(C)c([2H])c2c(c1C[C@H]1C(=O)OC(=O)[C@H]1[2H])-c1cc3c(cc1CO2)C(=O)N(c1ccccc1)C3. The standard InChI is InChI=1S/C27H21NO5/c1-15-7-16(9-17-12-24(29)33-27(17)31)25-21-10-18-13-28(20-5-3-2-4-6-20)26(30)22(18)11-19(21)14-32-23(25)8-15/h2-8,10-11,17H,9,12-14H2,1H3/t17-/m1/s1/i7D,8D,12D/t12-,17+/m0.